The molecule has 2 heterocycles. The van der Waals surface area contributed by atoms with E-state index in [0.29, 0.717) is 46.7 Å². The van der Waals surface area contributed by atoms with Crippen LogP contribution in [0.1, 0.15) is 55.9 Å². The second-order valence-electron chi connectivity index (χ2n) is 8.57. The summed E-state index contributed by atoms with van der Waals surface area (Å²) in [5.74, 6) is 0.158. The molecule has 1 aliphatic heterocycles. The van der Waals surface area contributed by atoms with E-state index in [1.54, 1.807) is 31.6 Å². The highest BCUT2D eigenvalue weighted by Gasteiger charge is 2.43. The first-order valence-corrected chi connectivity index (χ1v) is 11.9. The molecule has 7 heteroatoms. The summed E-state index contributed by atoms with van der Waals surface area (Å²) in [5.41, 5.74) is 3.29. The fraction of sp³-hybridized carbons (Fsp3) is 0.385. The predicted molar refractivity (Wildman–Crippen MR) is 128 cm³/mol. The highest BCUT2D eigenvalue weighted by Crippen LogP contribution is 2.49. The van der Waals surface area contributed by atoms with Gasteiger partial charge in [-0.25, -0.2) is 4.79 Å². The lowest BCUT2D eigenvalue weighted by atomic mass is 9.72. The zero-order valence-corrected chi connectivity index (χ0v) is 20.4. The van der Waals surface area contributed by atoms with Crippen molar-refractivity contribution in [2.24, 2.45) is 0 Å². The van der Waals surface area contributed by atoms with Gasteiger partial charge in [-0.05, 0) is 44.7 Å². The molecule has 2 unspecified atom stereocenters. The summed E-state index contributed by atoms with van der Waals surface area (Å²) in [7, 11) is 3.14. The van der Waals surface area contributed by atoms with Crippen LogP contribution in [-0.2, 0) is 14.3 Å². The number of ether oxygens (including phenoxy) is 3. The van der Waals surface area contributed by atoms with Crippen molar-refractivity contribution < 1.29 is 23.8 Å². The second-order valence-corrected chi connectivity index (χ2v) is 9.55. The van der Waals surface area contributed by atoms with Crippen molar-refractivity contribution in [3.05, 3.63) is 68.7 Å². The average molecular weight is 468 g/mol. The van der Waals surface area contributed by atoms with Crippen molar-refractivity contribution >= 4 is 23.1 Å². The number of ketones is 1. The maximum Gasteiger partial charge on any atom is 0.337 e. The second kappa shape index (κ2) is 9.43. The molecule has 1 aromatic heterocycles. The van der Waals surface area contributed by atoms with Crippen molar-refractivity contribution in [3.8, 4) is 11.5 Å². The molecule has 0 bridgehead atoms. The first kappa shape index (κ1) is 23.1. The topological polar surface area (TPSA) is 73.9 Å². The Morgan fingerprint density at radius 3 is 2.55 bits per heavy atom. The molecule has 1 aliphatic carbocycles. The van der Waals surface area contributed by atoms with Crippen LogP contribution in [0.3, 0.4) is 0 Å². The number of nitrogens with one attached hydrogen (secondary N) is 1. The van der Waals surface area contributed by atoms with Crippen molar-refractivity contribution in [2.75, 3.05) is 14.2 Å². The quantitative estimate of drug-likeness (QED) is 0.598. The lowest BCUT2D eigenvalue weighted by Crippen LogP contribution is -2.36. The Morgan fingerprint density at radius 2 is 1.91 bits per heavy atom. The van der Waals surface area contributed by atoms with Crippen molar-refractivity contribution in [2.45, 2.75) is 51.6 Å². The predicted octanol–water partition coefficient (Wildman–Crippen LogP) is 5.08. The molecular weight excluding hydrogens is 438 g/mol. The summed E-state index contributed by atoms with van der Waals surface area (Å²) in [6, 6.07) is 9.63. The van der Waals surface area contributed by atoms with E-state index in [4.69, 9.17) is 14.2 Å². The summed E-state index contributed by atoms with van der Waals surface area (Å²) in [6.45, 7) is 5.49. The van der Waals surface area contributed by atoms with Crippen LogP contribution in [-0.4, -0.2) is 32.1 Å². The molecular formula is C26H29NO5S. The van der Waals surface area contributed by atoms with E-state index in [1.807, 2.05) is 44.4 Å². The number of thiophene rings is 1. The summed E-state index contributed by atoms with van der Waals surface area (Å²) in [6.07, 6.45) is 0.815. The SMILES string of the molecule is COc1cccc(C2C(C(=O)OC(C)C)=C(C)NC3=C2C(=O)CC(c2cccs2)C3)c1OC. The van der Waals surface area contributed by atoms with Gasteiger partial charge in [0.05, 0.1) is 31.8 Å². The van der Waals surface area contributed by atoms with Gasteiger partial charge in [-0.2, -0.15) is 0 Å². The zero-order valence-electron chi connectivity index (χ0n) is 19.6. The molecule has 2 aliphatic rings. The minimum absolute atomic E-state index is 0.0272. The molecule has 1 N–H and O–H groups in total. The van der Waals surface area contributed by atoms with E-state index in [2.05, 4.69) is 11.4 Å². The van der Waals surface area contributed by atoms with Crippen LogP contribution in [0.15, 0.2) is 58.3 Å². The highest BCUT2D eigenvalue weighted by molar-refractivity contribution is 7.10. The van der Waals surface area contributed by atoms with E-state index < -0.39 is 11.9 Å². The molecule has 0 saturated heterocycles. The number of methoxy groups -OCH3 is 2. The minimum Gasteiger partial charge on any atom is -0.493 e. The largest absolute Gasteiger partial charge is 0.493 e. The van der Waals surface area contributed by atoms with Crippen LogP contribution in [0, 0.1) is 0 Å². The maximum atomic E-state index is 13.6. The first-order valence-electron chi connectivity index (χ1n) is 11.0. The Balaban J connectivity index is 1.88. The smallest absolute Gasteiger partial charge is 0.337 e. The number of esters is 1. The lowest BCUT2D eigenvalue weighted by molar-refractivity contribution is -0.143. The molecule has 2 atom stereocenters. The fourth-order valence-corrected chi connectivity index (χ4v) is 5.59. The van der Waals surface area contributed by atoms with Crippen LogP contribution in [0.2, 0.25) is 0 Å². The van der Waals surface area contributed by atoms with Crippen molar-refractivity contribution in [3.63, 3.8) is 0 Å². The van der Waals surface area contributed by atoms with Gasteiger partial charge in [0.1, 0.15) is 0 Å². The van der Waals surface area contributed by atoms with Crippen LogP contribution < -0.4 is 14.8 Å². The van der Waals surface area contributed by atoms with Gasteiger partial charge in [0.25, 0.3) is 0 Å². The van der Waals surface area contributed by atoms with E-state index in [-0.39, 0.29) is 17.8 Å². The fourth-order valence-electron chi connectivity index (χ4n) is 4.76. The van der Waals surface area contributed by atoms with Gasteiger partial charge in [0, 0.05) is 39.7 Å². The molecule has 1 aromatic carbocycles. The number of rotatable bonds is 6. The molecule has 33 heavy (non-hydrogen) atoms. The number of para-hydroxylation sites is 1. The summed E-state index contributed by atoms with van der Waals surface area (Å²) in [4.78, 5) is 28.1. The first-order chi connectivity index (χ1) is 15.8. The van der Waals surface area contributed by atoms with E-state index in [1.165, 1.54) is 4.88 Å². The third-order valence-corrected chi connectivity index (χ3v) is 7.12. The van der Waals surface area contributed by atoms with Gasteiger partial charge in [-0.15, -0.1) is 11.3 Å². The molecule has 0 amide bonds. The molecule has 0 spiro atoms. The van der Waals surface area contributed by atoms with Gasteiger partial charge in [-0.3, -0.25) is 4.79 Å². The van der Waals surface area contributed by atoms with E-state index in [0.717, 1.165) is 5.70 Å². The van der Waals surface area contributed by atoms with Gasteiger partial charge >= 0.3 is 5.97 Å². The Morgan fingerprint density at radius 1 is 1.12 bits per heavy atom. The third kappa shape index (κ3) is 4.29. The number of carbonyl (C=O) groups excluding carboxylic acids is 2. The van der Waals surface area contributed by atoms with Crippen molar-refractivity contribution in [1.82, 2.24) is 5.32 Å². The molecule has 0 radical (unpaired) electrons. The normalized spacial score (nSPS) is 20.5. The Kier molecular flexibility index (Phi) is 6.61. The van der Waals surface area contributed by atoms with Crippen LogP contribution in [0.5, 0.6) is 11.5 Å². The summed E-state index contributed by atoms with van der Waals surface area (Å²) in [5, 5.41) is 5.42. The Hall–Kier alpha value is -3.06. The highest BCUT2D eigenvalue weighted by atomic mass is 32.1. The standard InChI is InChI=1S/C26H29NO5S/c1-14(2)32-26(29)22-15(3)27-18-12-16(21-10-7-11-33-21)13-19(28)24(18)23(22)17-8-6-9-20(30-4)25(17)31-5/h6-11,14,16,23,27H,12-13H2,1-5H3. The Labute approximate surface area is 198 Å². The number of benzene rings is 1. The molecule has 174 valence electrons. The molecule has 0 fully saturated rings. The lowest BCUT2D eigenvalue weighted by Gasteiger charge is -2.37. The number of dihydropyridines is 1. The van der Waals surface area contributed by atoms with Gasteiger partial charge in [0.15, 0.2) is 17.3 Å². The molecule has 0 saturated carbocycles. The zero-order chi connectivity index (χ0) is 23.7. The van der Waals surface area contributed by atoms with Crippen LogP contribution >= 0.6 is 11.3 Å². The number of carbonyl (C=O) groups is 2. The van der Waals surface area contributed by atoms with Crippen LogP contribution in [0.4, 0.5) is 0 Å². The number of Topliss-reactive ketones (excluding diaryl/α,β-unsaturated/α-hetero) is 1. The molecule has 6 nitrogen and oxygen atoms in total. The van der Waals surface area contributed by atoms with Gasteiger partial charge in [0.2, 0.25) is 0 Å². The number of allylic oxidation sites excluding steroid dienone is 3. The number of hydrogen-bond acceptors (Lipinski definition) is 7. The van der Waals surface area contributed by atoms with Gasteiger partial charge in [-0.1, -0.05) is 18.2 Å². The third-order valence-electron chi connectivity index (χ3n) is 6.08. The van der Waals surface area contributed by atoms with Crippen LogP contribution in [0.25, 0.3) is 0 Å². The van der Waals surface area contributed by atoms with E-state index >= 15 is 0 Å². The number of hydrogen-bond donors (Lipinski definition) is 1. The molecule has 4 rings (SSSR count). The van der Waals surface area contributed by atoms with Gasteiger partial charge < -0.3 is 19.5 Å². The maximum absolute atomic E-state index is 13.6. The monoisotopic (exact) mass is 467 g/mol. The Bertz CT molecular complexity index is 1130. The molecule has 2 aromatic rings. The summed E-state index contributed by atoms with van der Waals surface area (Å²) >= 11 is 1.67. The minimum atomic E-state index is -0.602. The average Bonchev–Trinajstić information content (AvgIpc) is 3.31. The van der Waals surface area contributed by atoms with Crippen molar-refractivity contribution in [1.29, 1.82) is 0 Å². The van der Waals surface area contributed by atoms with E-state index in [9.17, 15) is 9.59 Å². The summed E-state index contributed by atoms with van der Waals surface area (Å²) < 4.78 is 16.8.